The quantitative estimate of drug-likeness (QED) is 0.219. The van der Waals surface area contributed by atoms with E-state index in [1.165, 1.54) is 38.5 Å². The van der Waals surface area contributed by atoms with Crippen molar-refractivity contribution in [3.05, 3.63) is 78.1 Å². The summed E-state index contributed by atoms with van der Waals surface area (Å²) >= 11 is 0. The Bertz CT molecular complexity index is 427. The minimum absolute atomic E-state index is 0. The topological polar surface area (TPSA) is 0 Å². The molecule has 4 saturated carbocycles. The van der Waals surface area contributed by atoms with Crippen LogP contribution in [0, 0.1) is 125 Å². The van der Waals surface area contributed by atoms with Gasteiger partial charge in [-0.2, -0.15) is 0 Å². The maximum absolute atomic E-state index is 2.41. The molecule has 0 saturated heterocycles. The first-order chi connectivity index (χ1) is 14.4. The molecule has 10 radical (unpaired) electrons. The van der Waals surface area contributed by atoms with Crippen LogP contribution in [-0.4, -0.2) is 0 Å². The van der Waals surface area contributed by atoms with E-state index in [-0.39, 0.29) is 40.7 Å². The Balaban J connectivity index is 0.000000569. The summed E-state index contributed by atoms with van der Waals surface area (Å²) in [7, 11) is 0. The van der Waals surface area contributed by atoms with E-state index in [1.54, 1.807) is 11.8 Å². The summed E-state index contributed by atoms with van der Waals surface area (Å²) in [5.41, 5.74) is 0. The van der Waals surface area contributed by atoms with Crippen molar-refractivity contribution in [2.24, 2.45) is 47.3 Å². The zero-order valence-electron chi connectivity index (χ0n) is 23.0. The van der Waals surface area contributed by atoms with E-state index in [0.29, 0.717) is 0 Å². The van der Waals surface area contributed by atoms with Gasteiger partial charge in [0.2, 0.25) is 0 Å². The van der Waals surface area contributed by atoms with Gasteiger partial charge in [-0.05, 0) is 136 Å². The van der Waals surface area contributed by atoms with Crippen molar-refractivity contribution in [1.29, 1.82) is 0 Å². The zero-order chi connectivity index (χ0) is 21.7. The fraction of sp³-hybridized carbons (Fsp3) is 0.625. The zero-order valence-corrected chi connectivity index (χ0v) is 26.6. The van der Waals surface area contributed by atoms with Gasteiger partial charge in [0, 0.05) is 25.8 Å². The van der Waals surface area contributed by atoms with Gasteiger partial charge >= 0.3 is 0 Å². The summed E-state index contributed by atoms with van der Waals surface area (Å²) < 4.78 is 0. The van der Waals surface area contributed by atoms with Gasteiger partial charge in [-0.15, -0.1) is 0 Å². The summed E-state index contributed by atoms with van der Waals surface area (Å²) in [5.74, 6) is 10.1. The number of hydrogen-bond donors (Lipinski definition) is 0. The molecule has 0 bridgehead atoms. The van der Waals surface area contributed by atoms with E-state index in [9.17, 15) is 0 Å². The molecule has 33 heavy (non-hydrogen) atoms. The van der Waals surface area contributed by atoms with E-state index >= 15 is 0 Å². The van der Waals surface area contributed by atoms with Gasteiger partial charge in [0.05, 0.1) is 0 Å². The molecule has 4 aliphatic carbocycles. The first-order valence-corrected chi connectivity index (χ1v) is 12.8. The molecule has 6 atom stereocenters. The van der Waals surface area contributed by atoms with Crippen molar-refractivity contribution in [3.8, 4) is 0 Å². The van der Waals surface area contributed by atoms with E-state index in [0.717, 1.165) is 47.3 Å². The van der Waals surface area contributed by atoms with E-state index < -0.39 is 0 Å². The Hall–Kier alpha value is 0.870. The molecule has 0 heterocycles. The van der Waals surface area contributed by atoms with Gasteiger partial charge in [-0.1, -0.05) is 54.4 Å². The van der Waals surface area contributed by atoms with Gasteiger partial charge < -0.3 is 14.9 Å². The molecule has 4 rings (SSSR count). The molecule has 4 fully saturated rings. The Kier molecular flexibility index (Phi) is 17.0. The van der Waals surface area contributed by atoms with Gasteiger partial charge in [-0.25, -0.2) is 0 Å². The fourth-order valence-corrected chi connectivity index (χ4v) is 6.44. The summed E-state index contributed by atoms with van der Waals surface area (Å²) in [6.07, 6.45) is 26.5. The van der Waals surface area contributed by atoms with Gasteiger partial charge in [-0.3, -0.25) is 0 Å². The van der Waals surface area contributed by atoms with Crippen molar-refractivity contribution < 1.29 is 25.8 Å². The second-order valence-electron chi connectivity index (χ2n) is 11.3. The predicted octanol–water partition coefficient (Wildman–Crippen LogP) is 9.10. The van der Waals surface area contributed by atoms with Crippen LogP contribution in [-0.2, 0) is 25.8 Å². The smallest absolute Gasteiger partial charge is 0 e. The maximum Gasteiger partial charge on any atom is 0 e. The normalized spacial score (nSPS) is 35.3. The fourth-order valence-electron chi connectivity index (χ4n) is 6.44. The third kappa shape index (κ3) is 9.69. The Morgan fingerprint density at radius 1 is 0.576 bits per heavy atom. The van der Waals surface area contributed by atoms with Crippen molar-refractivity contribution in [1.82, 2.24) is 0 Å². The third-order valence-corrected chi connectivity index (χ3v) is 8.28. The second-order valence-corrected chi connectivity index (χ2v) is 11.3. The molecule has 0 spiro atoms. The average molecular weight is 615 g/mol. The van der Waals surface area contributed by atoms with Crippen molar-refractivity contribution in [2.45, 2.75) is 80.1 Å². The predicted molar refractivity (Wildman–Crippen MR) is 143 cm³/mol. The number of rotatable bonds is 4. The van der Waals surface area contributed by atoms with E-state index in [2.05, 4.69) is 92.9 Å². The minimum atomic E-state index is 0. The molecule has 0 amide bonds. The molecular formula is C32H52Hf-2. The largest absolute Gasteiger partial charge is 0.358 e. The molecule has 0 aliphatic heterocycles. The number of hydrogen-bond acceptors (Lipinski definition) is 0. The van der Waals surface area contributed by atoms with Crippen LogP contribution in [0.25, 0.3) is 0 Å². The molecule has 0 nitrogen and oxygen atoms in total. The Morgan fingerprint density at radius 2 is 0.879 bits per heavy atom. The van der Waals surface area contributed by atoms with Crippen LogP contribution in [0.5, 0.6) is 0 Å². The molecular weight excluding hydrogens is 563 g/mol. The average Bonchev–Trinajstić information content (AvgIpc) is 3.42. The molecule has 186 valence electrons. The van der Waals surface area contributed by atoms with Crippen LogP contribution in [0.2, 0.25) is 0 Å². The summed E-state index contributed by atoms with van der Waals surface area (Å²) in [6, 6.07) is 0. The van der Waals surface area contributed by atoms with Crippen molar-refractivity contribution in [3.63, 3.8) is 0 Å². The van der Waals surface area contributed by atoms with Crippen LogP contribution in [0.4, 0.5) is 0 Å². The van der Waals surface area contributed by atoms with Crippen LogP contribution in [0.3, 0.4) is 0 Å². The second kappa shape index (κ2) is 16.6. The first kappa shape index (κ1) is 33.9. The molecule has 0 N–H and O–H groups in total. The minimum Gasteiger partial charge on any atom is -0.358 e. The maximum atomic E-state index is 2.41. The molecule has 0 aromatic rings. The third-order valence-electron chi connectivity index (χ3n) is 8.28. The standard InChI is InChI=1S/2C15H23.2CH3.Hf/c2*1-11(2)14-9-8-12(3)10-15(14)13-6-4-5-7-13;;;/h2*4-7,11-12,14-15H,8-10H2,1-3H3;2*1H3;/q;;2*-1;. The molecule has 4 aliphatic rings. The van der Waals surface area contributed by atoms with Gasteiger partial charge in [0.25, 0.3) is 0 Å². The van der Waals surface area contributed by atoms with Crippen LogP contribution < -0.4 is 0 Å². The Labute approximate surface area is 230 Å². The van der Waals surface area contributed by atoms with Gasteiger partial charge in [0.1, 0.15) is 0 Å². The van der Waals surface area contributed by atoms with Crippen molar-refractivity contribution in [2.75, 3.05) is 0 Å². The monoisotopic (exact) mass is 616 g/mol. The van der Waals surface area contributed by atoms with Crippen LogP contribution >= 0.6 is 0 Å². The van der Waals surface area contributed by atoms with Gasteiger partial charge in [0.15, 0.2) is 0 Å². The molecule has 1 heteroatoms. The molecule has 0 aromatic carbocycles. The summed E-state index contributed by atoms with van der Waals surface area (Å²) in [4.78, 5) is 0. The SMILES string of the molecule is CC1CCC(C(C)C)C([C]2[CH][CH][CH][CH]2)C1.CC1CCC(C(C)C)C([C]2[CH][CH][CH][CH]2)C1.[CH3-].[CH3-].[Hf]. The van der Waals surface area contributed by atoms with Crippen LogP contribution in [0.15, 0.2) is 0 Å². The van der Waals surface area contributed by atoms with E-state index in [4.69, 9.17) is 0 Å². The molecule has 6 unspecified atom stereocenters. The van der Waals surface area contributed by atoms with Crippen LogP contribution in [0.1, 0.15) is 80.1 Å². The Morgan fingerprint density at radius 3 is 1.15 bits per heavy atom. The van der Waals surface area contributed by atoms with E-state index in [1.807, 2.05) is 0 Å². The molecule has 0 aromatic heterocycles. The summed E-state index contributed by atoms with van der Waals surface area (Å²) in [6.45, 7) is 14.4. The van der Waals surface area contributed by atoms with Crippen molar-refractivity contribution >= 4 is 0 Å². The summed E-state index contributed by atoms with van der Waals surface area (Å²) in [5, 5.41) is 0. The first-order valence-electron chi connectivity index (χ1n) is 12.8.